The molecule has 1 spiro atoms. The van der Waals surface area contributed by atoms with Crippen molar-refractivity contribution >= 4 is 295 Å². The largest absolute Gasteiger partial charge is 0.509 e. The number of Topliss-reactive ketones (excluding diaryl/α,β-unsaturated/α-hetero) is 1. The Kier molecular flexibility index (Phi) is 33.5. The van der Waals surface area contributed by atoms with Crippen LogP contribution < -0.4 is 0 Å². The Morgan fingerprint density at radius 3 is 1.70 bits per heavy atom. The van der Waals surface area contributed by atoms with Gasteiger partial charge in [0, 0.05) is 36.3 Å². The molecular weight excluding hydrogens is 1450 g/mol. The molecule has 0 amide bonds. The van der Waals surface area contributed by atoms with Crippen molar-refractivity contribution < 1.29 is 37.2 Å². The molecule has 63 heavy (non-hydrogen) atoms. The standard InChI is InChI=1S/C20H61O8P35/c1-8-11(49(61(47-23)57(39)40)63(59(43)44)60(45)46)7-20-16(24-17(22)25-20)14-15(21)9(26-50(30)53(31)32)5-12(28-51(54(33)34)55(35)36)19(14,4)6-10(13(8)18(20,2)3)27-52(56(37)38)62(48-29)58(41)42/h9-12,14,16,48H,5-7,29-46H2,1-4H3/t9?,10?,11?,12?,14?,16?,19-,20?,49-,50?,52?,61?,62?/m1/s1. The fourth-order valence-electron chi connectivity index (χ4n) is 8.70. The van der Waals surface area contributed by atoms with Gasteiger partial charge in [-0.2, -0.15) is 0 Å². The van der Waals surface area contributed by atoms with E-state index >= 15 is 4.79 Å². The van der Waals surface area contributed by atoms with Crippen LogP contribution in [0, 0.1) is 16.7 Å². The Bertz CT molecular complexity index is 1620. The van der Waals surface area contributed by atoms with Gasteiger partial charge in [0.15, 0.2) is 25.6 Å². The van der Waals surface area contributed by atoms with Crippen LogP contribution in [0.5, 0.6) is 0 Å². The van der Waals surface area contributed by atoms with E-state index in [1.54, 1.807) is 0 Å². The first-order valence-electron chi connectivity index (χ1n) is 17.7. The Labute approximate surface area is 438 Å². The minimum atomic E-state index is -1.23. The van der Waals surface area contributed by atoms with E-state index in [0.717, 1.165) is 0 Å². The summed E-state index contributed by atoms with van der Waals surface area (Å²) in [5.41, 5.74) is -0.453. The van der Waals surface area contributed by atoms with E-state index in [1.165, 1.54) is 11.1 Å². The topological polar surface area (TPSA) is 97.4 Å². The molecule has 0 N–H and O–H groups in total. The lowest BCUT2D eigenvalue weighted by Gasteiger charge is -2.62. The molecule has 0 radical (unpaired) electrons. The van der Waals surface area contributed by atoms with Gasteiger partial charge in [-0.25, -0.2) is 4.79 Å². The number of hydrogen-bond acceptors (Lipinski definition) is 8. The molecule has 3 aliphatic carbocycles. The first-order chi connectivity index (χ1) is 29.1. The Morgan fingerprint density at radius 2 is 1.25 bits per heavy atom. The number of fused-ring (bicyclic) bond motifs is 3. The molecule has 0 aromatic carbocycles. The van der Waals surface area contributed by atoms with Crippen LogP contribution in [0.4, 0.5) is 4.79 Å². The van der Waals surface area contributed by atoms with Gasteiger partial charge < -0.3 is 23.0 Å². The van der Waals surface area contributed by atoms with Crippen LogP contribution in [0.1, 0.15) is 47.0 Å². The van der Waals surface area contributed by atoms with E-state index in [1.807, 2.05) is 0 Å². The maximum atomic E-state index is 15.9. The molecule has 32 atom stereocenters. The van der Waals surface area contributed by atoms with E-state index in [-0.39, 0.29) is 19.6 Å². The average molecular weight is 1510 g/mol. The van der Waals surface area contributed by atoms with Crippen molar-refractivity contribution in [1.82, 2.24) is 0 Å². The van der Waals surface area contributed by atoms with Gasteiger partial charge in [-0.15, -0.1) is 152 Å². The zero-order valence-corrected chi connectivity index (χ0v) is 70.5. The SMILES string of the molecule is CC1=C2C(OP(P(P)P)P(PP)P(P)P)C[C@]3(C)C(OP(P(P)P)P(P)P)CC(OP(P)P(P)P)C(=O)C3C3OC(=O)OC3(CC1[P@](P(P=O)P(P)P)P(P(P)P)P(P)P)C2(C)C. The van der Waals surface area contributed by atoms with E-state index in [9.17, 15) is 9.36 Å². The Hall–Kier alpha value is 13.3. The van der Waals surface area contributed by atoms with Crippen LogP contribution in [0.15, 0.2) is 11.1 Å². The summed E-state index contributed by atoms with van der Waals surface area (Å²) in [7, 11) is 51.9. The summed E-state index contributed by atoms with van der Waals surface area (Å²) >= 11 is 0. The highest BCUT2D eigenvalue weighted by atomic mass is 33.2. The smallest absolute Gasteiger partial charge is 0.426 e. The molecule has 0 aromatic rings. The third kappa shape index (κ3) is 16.3. The molecule has 4 aliphatic rings. The predicted molar refractivity (Wildman–Crippen MR) is 384 cm³/mol. The second-order valence-electron chi connectivity index (χ2n) is 15.0. The molecule has 3 fully saturated rings. The molecule has 8 nitrogen and oxygen atoms in total. The molecule has 4 rings (SSSR count). The Morgan fingerprint density at radius 1 is 0.698 bits per heavy atom. The van der Waals surface area contributed by atoms with Gasteiger partial charge >= 0.3 is 6.16 Å². The van der Waals surface area contributed by atoms with Gasteiger partial charge in [-0.3, -0.25) is 9.36 Å². The van der Waals surface area contributed by atoms with E-state index in [4.69, 9.17) is 23.0 Å². The van der Waals surface area contributed by atoms with Gasteiger partial charge in [-0.1, -0.05) is 43.2 Å². The minimum absolute atomic E-state index is 0.0400. The molecule has 1 aliphatic heterocycles. The van der Waals surface area contributed by atoms with E-state index in [0.29, 0.717) is 27.2 Å². The molecule has 2 bridgehead atoms. The van der Waals surface area contributed by atoms with Gasteiger partial charge in [0.1, 0.15) is 6.10 Å². The van der Waals surface area contributed by atoms with Crippen molar-refractivity contribution in [3.8, 4) is 0 Å². The van der Waals surface area contributed by atoms with Crippen molar-refractivity contribution in [3.63, 3.8) is 0 Å². The van der Waals surface area contributed by atoms with Crippen LogP contribution in [-0.4, -0.2) is 47.6 Å². The second kappa shape index (κ2) is 30.7. The predicted octanol–water partition coefficient (Wildman–Crippen LogP) is 22.6. The van der Waals surface area contributed by atoms with Crippen LogP contribution >= 0.6 is 284 Å². The number of ketones is 1. The number of hydrogen-bond donors (Lipinski definition) is 0. The zero-order chi connectivity index (χ0) is 48.0. The quantitative estimate of drug-likeness (QED) is 0.0676. The van der Waals surface area contributed by atoms with Crippen molar-refractivity contribution in [2.24, 2.45) is 16.7 Å². The summed E-state index contributed by atoms with van der Waals surface area (Å²) in [4.78, 5) is 30.2. The highest BCUT2D eigenvalue weighted by molar-refractivity contribution is 9.20. The maximum Gasteiger partial charge on any atom is 0.509 e. The molecule has 364 valence electrons. The fourth-order valence-corrected chi connectivity index (χ4v) is 219. The highest BCUT2D eigenvalue weighted by Crippen LogP contribution is 3.19. The summed E-state index contributed by atoms with van der Waals surface area (Å²) in [6, 6.07) is 0. The van der Waals surface area contributed by atoms with Crippen LogP contribution in [-0.2, 0) is 32.4 Å². The molecule has 30 unspecified atom stereocenters. The van der Waals surface area contributed by atoms with Gasteiger partial charge in [-0.05, 0) is 89.1 Å². The minimum Gasteiger partial charge on any atom is -0.426 e. The average Bonchev–Trinajstić information content (AvgIpc) is 3.48. The normalized spacial score (nSPS) is 32.8. The first kappa shape index (κ1) is 68.8. The zero-order valence-electron chi connectivity index (χ0n) is 34.4. The lowest BCUT2D eigenvalue weighted by atomic mass is 9.48. The highest BCUT2D eigenvalue weighted by Gasteiger charge is 2.74. The van der Waals surface area contributed by atoms with Crippen LogP contribution in [0.3, 0.4) is 0 Å². The van der Waals surface area contributed by atoms with Crippen molar-refractivity contribution in [2.45, 2.75) is 82.6 Å². The molecule has 1 heterocycles. The number of allylic oxidation sites excluding steroid dienone is 1. The van der Waals surface area contributed by atoms with Crippen molar-refractivity contribution in [2.75, 3.05) is 0 Å². The molecule has 43 heteroatoms. The van der Waals surface area contributed by atoms with Gasteiger partial charge in [0.2, 0.25) is 0 Å². The molecular formula is C20H61O8P35. The lowest BCUT2D eigenvalue weighted by molar-refractivity contribution is -0.179. The fraction of sp³-hybridized carbons (Fsp3) is 0.800. The van der Waals surface area contributed by atoms with Gasteiger partial charge in [0.25, 0.3) is 0 Å². The number of ether oxygens (including phenoxy) is 2. The van der Waals surface area contributed by atoms with Crippen LogP contribution in [0.2, 0.25) is 0 Å². The lowest BCUT2D eigenvalue weighted by Crippen LogP contribution is -2.69. The summed E-state index contributed by atoms with van der Waals surface area (Å²) < 4.78 is 49.6. The monoisotopic (exact) mass is 1510 g/mol. The van der Waals surface area contributed by atoms with Crippen LogP contribution in [0.25, 0.3) is 0 Å². The van der Waals surface area contributed by atoms with Crippen molar-refractivity contribution in [3.05, 3.63) is 11.1 Å². The second-order valence-corrected chi connectivity index (χ2v) is 137. The van der Waals surface area contributed by atoms with E-state index in [2.05, 4.69) is 188 Å². The number of carbonyl (C=O) groups is 2. The van der Waals surface area contributed by atoms with Gasteiger partial charge in [0.05, 0.1) is 47.7 Å². The number of carbonyl (C=O) groups excluding carboxylic acids is 2. The third-order valence-corrected chi connectivity index (χ3v) is 168. The summed E-state index contributed by atoms with van der Waals surface area (Å²) in [5.74, 6) is -0.845. The molecule has 2 saturated carbocycles. The van der Waals surface area contributed by atoms with E-state index < -0.39 is 160 Å². The molecule has 1 saturated heterocycles. The summed E-state index contributed by atoms with van der Waals surface area (Å²) in [5, 5.41) is 0. The van der Waals surface area contributed by atoms with Crippen molar-refractivity contribution in [1.29, 1.82) is 0 Å². The summed E-state index contributed by atoms with van der Waals surface area (Å²) in [6.45, 7) is 2.02. The Balaban J connectivity index is 2.22. The summed E-state index contributed by atoms with van der Waals surface area (Å²) in [6.07, 6.45) is -1.81. The maximum absolute atomic E-state index is 15.9. The third-order valence-electron chi connectivity index (χ3n) is 11.2. The molecule has 0 aromatic heterocycles. The first-order valence-corrected chi connectivity index (χ1v) is 78.1. The number of rotatable bonds is 20.